The number of esters is 3. The third-order valence-corrected chi connectivity index (χ3v) is 15.3. The summed E-state index contributed by atoms with van der Waals surface area (Å²) in [7, 11) is 0. The zero-order valence-corrected chi connectivity index (χ0v) is 54.7. The lowest BCUT2D eigenvalue weighted by Crippen LogP contribution is -2.30. The summed E-state index contributed by atoms with van der Waals surface area (Å²) < 4.78 is 16.9. The Morgan fingerprint density at radius 3 is 0.735 bits per heavy atom. The molecule has 0 bridgehead atoms. The molecule has 0 spiro atoms. The van der Waals surface area contributed by atoms with Crippen molar-refractivity contribution in [2.45, 2.75) is 348 Å². The summed E-state index contributed by atoms with van der Waals surface area (Å²) in [5, 5.41) is 0. The number of hydrogen-bond donors (Lipinski definition) is 0. The fourth-order valence-corrected chi connectivity index (χ4v) is 10.0. The minimum absolute atomic E-state index is 0.0768. The van der Waals surface area contributed by atoms with Crippen molar-refractivity contribution >= 4 is 17.9 Å². The first-order chi connectivity index (χ1) is 41.0. The Kier molecular flexibility index (Phi) is 67.2. The average molecular weight is 1150 g/mol. The Hall–Kier alpha value is -3.93. The quantitative estimate of drug-likeness (QED) is 0.0261. The van der Waals surface area contributed by atoms with E-state index >= 15 is 0 Å². The van der Waals surface area contributed by atoms with E-state index in [1.807, 2.05) is 0 Å². The fourth-order valence-electron chi connectivity index (χ4n) is 10.0. The van der Waals surface area contributed by atoms with E-state index in [2.05, 4.69) is 130 Å². The lowest BCUT2D eigenvalue weighted by Gasteiger charge is -2.18. The molecule has 0 radical (unpaired) electrons. The molecular weight excluding hydrogens is 1020 g/mol. The normalized spacial score (nSPS) is 12.8. The van der Waals surface area contributed by atoms with Crippen LogP contribution in [0.4, 0.5) is 0 Å². The van der Waals surface area contributed by atoms with Crippen molar-refractivity contribution in [3.8, 4) is 0 Å². The van der Waals surface area contributed by atoms with E-state index in [-0.39, 0.29) is 31.1 Å². The second-order valence-electron chi connectivity index (χ2n) is 23.4. The molecule has 0 aliphatic carbocycles. The highest BCUT2D eigenvalue weighted by atomic mass is 16.6. The Morgan fingerprint density at radius 2 is 0.470 bits per heavy atom. The molecule has 0 heterocycles. The number of carbonyl (C=O) groups is 3. The summed E-state index contributed by atoms with van der Waals surface area (Å²) in [6, 6.07) is 0. The lowest BCUT2D eigenvalue weighted by molar-refractivity contribution is -0.167. The van der Waals surface area contributed by atoms with Crippen molar-refractivity contribution in [1.82, 2.24) is 0 Å². The first-order valence-electron chi connectivity index (χ1n) is 35.4. The lowest BCUT2D eigenvalue weighted by atomic mass is 10.0. The van der Waals surface area contributed by atoms with E-state index in [9.17, 15) is 14.4 Å². The van der Waals surface area contributed by atoms with Crippen molar-refractivity contribution in [2.75, 3.05) is 13.2 Å². The van der Waals surface area contributed by atoms with Gasteiger partial charge in [-0.05, 0) is 89.9 Å². The third kappa shape index (κ3) is 68.7. The van der Waals surface area contributed by atoms with Gasteiger partial charge in [0, 0.05) is 19.3 Å². The van der Waals surface area contributed by atoms with Gasteiger partial charge in [0.15, 0.2) is 6.10 Å². The largest absolute Gasteiger partial charge is 0.462 e. The molecule has 6 nitrogen and oxygen atoms in total. The molecular formula is C77H132O6. The van der Waals surface area contributed by atoms with Gasteiger partial charge in [-0.1, -0.05) is 342 Å². The highest BCUT2D eigenvalue weighted by Gasteiger charge is 2.19. The summed E-state index contributed by atoms with van der Waals surface area (Å²) >= 11 is 0. The molecule has 0 N–H and O–H groups in total. The molecule has 0 saturated carbocycles. The van der Waals surface area contributed by atoms with Crippen molar-refractivity contribution < 1.29 is 28.6 Å². The predicted octanol–water partition coefficient (Wildman–Crippen LogP) is 24.6. The van der Waals surface area contributed by atoms with Gasteiger partial charge in [-0.2, -0.15) is 0 Å². The van der Waals surface area contributed by atoms with Gasteiger partial charge in [0.05, 0.1) is 0 Å². The summed E-state index contributed by atoms with van der Waals surface area (Å²) in [5.41, 5.74) is 0. The topological polar surface area (TPSA) is 78.9 Å². The number of unbranched alkanes of at least 4 members (excludes halogenated alkanes) is 35. The van der Waals surface area contributed by atoms with Crippen molar-refractivity contribution in [2.24, 2.45) is 0 Å². The molecule has 6 heteroatoms. The fraction of sp³-hybridized carbons (Fsp3) is 0.727. The van der Waals surface area contributed by atoms with Gasteiger partial charge in [0.2, 0.25) is 0 Å². The zero-order valence-electron chi connectivity index (χ0n) is 54.7. The van der Waals surface area contributed by atoms with Crippen LogP contribution in [0.3, 0.4) is 0 Å². The van der Waals surface area contributed by atoms with E-state index < -0.39 is 6.10 Å². The van der Waals surface area contributed by atoms with Gasteiger partial charge in [0.1, 0.15) is 13.2 Å². The van der Waals surface area contributed by atoms with Gasteiger partial charge in [-0.15, -0.1) is 0 Å². The van der Waals surface area contributed by atoms with Crippen LogP contribution >= 0.6 is 0 Å². The molecule has 0 aliphatic heterocycles. The molecule has 0 aromatic rings. The molecule has 0 saturated heterocycles. The third-order valence-electron chi connectivity index (χ3n) is 15.3. The Labute approximate surface area is 514 Å². The molecule has 1 atom stereocenters. The summed E-state index contributed by atoms with van der Waals surface area (Å²) in [6.45, 7) is 6.54. The number of allylic oxidation sites excluding steroid dienone is 18. The second kappa shape index (κ2) is 70.6. The highest BCUT2D eigenvalue weighted by molar-refractivity contribution is 5.71. The predicted molar refractivity (Wildman–Crippen MR) is 362 cm³/mol. The number of hydrogen-bond acceptors (Lipinski definition) is 6. The van der Waals surface area contributed by atoms with Crippen molar-refractivity contribution in [3.05, 3.63) is 109 Å². The smallest absolute Gasteiger partial charge is 0.306 e. The molecule has 0 rings (SSSR count). The van der Waals surface area contributed by atoms with Crippen LogP contribution in [-0.4, -0.2) is 37.2 Å². The van der Waals surface area contributed by atoms with Gasteiger partial charge < -0.3 is 14.2 Å². The molecule has 0 aromatic carbocycles. The van der Waals surface area contributed by atoms with Crippen LogP contribution in [0.1, 0.15) is 342 Å². The first-order valence-corrected chi connectivity index (χ1v) is 35.4. The van der Waals surface area contributed by atoms with E-state index in [1.54, 1.807) is 0 Å². The van der Waals surface area contributed by atoms with Crippen molar-refractivity contribution in [3.63, 3.8) is 0 Å². The average Bonchev–Trinajstić information content (AvgIpc) is 3.49. The standard InChI is InChI=1S/C77H132O6/c1-4-7-10-13-16-19-21-23-25-27-29-31-32-33-34-35-36-37-38-39-40-41-42-43-44-46-47-49-51-53-55-58-61-64-67-70-76(79)82-73-74(72-81-75(78)69-66-63-60-57-18-15-12-9-6-3)83-77(80)71-68-65-62-59-56-54-52-50-48-45-30-28-26-24-22-20-17-14-11-8-5-2/h7,10,16,19,23,25,29,31,33-34,36-37,39-40,42-43,46-47,74H,4-6,8-9,11-15,17-18,20-22,24,26-28,30,32,35,38,41,44-45,48-73H2,1-3H3/b10-7-,19-16-,25-23-,31-29-,34-33-,37-36-,40-39-,43-42-,47-46-. The van der Waals surface area contributed by atoms with E-state index in [1.165, 1.54) is 180 Å². The van der Waals surface area contributed by atoms with Crippen LogP contribution in [0.25, 0.3) is 0 Å². The molecule has 1 unspecified atom stereocenters. The highest BCUT2D eigenvalue weighted by Crippen LogP contribution is 2.17. The monoisotopic (exact) mass is 1150 g/mol. The first kappa shape index (κ1) is 79.1. The SMILES string of the molecule is CC/C=C\C/C=C\C/C=C\C/C=C\C/C=C\C/C=C\C/C=C\C/C=C\C/C=C\CCCCCCCCCC(=O)OCC(COC(=O)CCCCCCCCCCC)OC(=O)CCCCCCCCCCCCCCCCCCCCCCC. The maximum Gasteiger partial charge on any atom is 0.306 e. The minimum atomic E-state index is -0.780. The van der Waals surface area contributed by atoms with E-state index in [0.29, 0.717) is 19.3 Å². The van der Waals surface area contributed by atoms with Gasteiger partial charge in [-0.25, -0.2) is 0 Å². The van der Waals surface area contributed by atoms with E-state index in [4.69, 9.17) is 14.2 Å². The Bertz CT molecular complexity index is 1660. The van der Waals surface area contributed by atoms with Gasteiger partial charge >= 0.3 is 17.9 Å². The minimum Gasteiger partial charge on any atom is -0.462 e. The van der Waals surface area contributed by atoms with E-state index in [0.717, 1.165) is 122 Å². The van der Waals surface area contributed by atoms with Crippen LogP contribution in [0.2, 0.25) is 0 Å². The molecule has 0 fully saturated rings. The van der Waals surface area contributed by atoms with Crippen LogP contribution in [0.5, 0.6) is 0 Å². The summed E-state index contributed by atoms with van der Waals surface area (Å²) in [5.74, 6) is -0.876. The zero-order chi connectivity index (χ0) is 59.9. The molecule has 0 aromatic heterocycles. The Morgan fingerprint density at radius 1 is 0.253 bits per heavy atom. The molecule has 0 aliphatic rings. The number of ether oxygens (including phenoxy) is 3. The number of rotatable bonds is 64. The second-order valence-corrected chi connectivity index (χ2v) is 23.4. The van der Waals surface area contributed by atoms with Crippen LogP contribution in [0, 0.1) is 0 Å². The maximum absolute atomic E-state index is 12.9. The summed E-state index contributed by atoms with van der Waals surface area (Å²) in [4.78, 5) is 38.3. The van der Waals surface area contributed by atoms with Gasteiger partial charge in [0.25, 0.3) is 0 Å². The van der Waals surface area contributed by atoms with Crippen molar-refractivity contribution in [1.29, 1.82) is 0 Å². The van der Waals surface area contributed by atoms with Gasteiger partial charge in [-0.3, -0.25) is 14.4 Å². The number of carbonyl (C=O) groups excluding carboxylic acids is 3. The summed E-state index contributed by atoms with van der Waals surface area (Å²) in [6.07, 6.45) is 97.0. The Balaban J connectivity index is 4.18. The van der Waals surface area contributed by atoms with Crippen LogP contribution in [0.15, 0.2) is 109 Å². The molecule has 0 amide bonds. The molecule has 476 valence electrons. The van der Waals surface area contributed by atoms with Crippen LogP contribution in [-0.2, 0) is 28.6 Å². The maximum atomic E-state index is 12.9. The molecule has 83 heavy (non-hydrogen) atoms. The van der Waals surface area contributed by atoms with Crippen LogP contribution < -0.4 is 0 Å².